The van der Waals surface area contributed by atoms with Crippen LogP contribution in [0.5, 0.6) is 0 Å². The Bertz CT molecular complexity index is 992. The minimum absolute atomic E-state index is 0.143. The highest BCUT2D eigenvalue weighted by Crippen LogP contribution is 2.28. The maximum absolute atomic E-state index is 14.2. The van der Waals surface area contributed by atoms with E-state index in [1.165, 1.54) is 16.5 Å². The zero-order valence-electron chi connectivity index (χ0n) is 16.7. The van der Waals surface area contributed by atoms with Crippen LogP contribution in [0.3, 0.4) is 0 Å². The standard InChI is InChI=1S/C21H26FN5S/c1-14-19(11-16-5-7-18(8-6-16)28-26(3)4)21-20(12-24-15(2)25-21)27(14)13-17(22)9-10-23/h5-9,12H,10-11,13,23H2,1-4H3/b17-9-. The lowest BCUT2D eigenvalue weighted by Crippen LogP contribution is -2.04. The second kappa shape index (κ2) is 8.86. The van der Waals surface area contributed by atoms with Crippen LogP contribution in [0.1, 0.15) is 22.6 Å². The van der Waals surface area contributed by atoms with E-state index in [0.29, 0.717) is 5.82 Å². The molecule has 7 heteroatoms. The average molecular weight is 400 g/mol. The maximum atomic E-state index is 14.2. The van der Waals surface area contributed by atoms with E-state index in [0.717, 1.165) is 28.7 Å². The van der Waals surface area contributed by atoms with Crippen molar-refractivity contribution < 1.29 is 4.39 Å². The number of aryl methyl sites for hydroxylation is 1. The SMILES string of the molecule is Cc1ncc2c(n1)c(Cc1ccc(SN(C)C)cc1)c(C)n2C/C(F)=C/CN. The van der Waals surface area contributed by atoms with Gasteiger partial charge in [-0.05, 0) is 63.7 Å². The molecule has 0 bridgehead atoms. The van der Waals surface area contributed by atoms with Crippen molar-refractivity contribution in [3.05, 3.63) is 65.0 Å². The first-order chi connectivity index (χ1) is 13.4. The van der Waals surface area contributed by atoms with Crippen LogP contribution in [0.15, 0.2) is 47.3 Å². The number of aromatic nitrogens is 3. The van der Waals surface area contributed by atoms with Gasteiger partial charge in [-0.1, -0.05) is 12.1 Å². The Kier molecular flexibility index (Phi) is 6.49. The van der Waals surface area contributed by atoms with Crippen molar-refractivity contribution in [1.29, 1.82) is 0 Å². The summed E-state index contributed by atoms with van der Waals surface area (Å²) in [5.74, 6) is 0.460. The van der Waals surface area contributed by atoms with E-state index in [2.05, 4.69) is 38.5 Å². The molecule has 2 N–H and O–H groups in total. The first-order valence-corrected chi connectivity index (χ1v) is 9.96. The van der Waals surface area contributed by atoms with Crippen LogP contribution in [0.4, 0.5) is 4.39 Å². The monoisotopic (exact) mass is 399 g/mol. The predicted octanol–water partition coefficient (Wildman–Crippen LogP) is 4.02. The van der Waals surface area contributed by atoms with Crippen LogP contribution in [-0.2, 0) is 13.0 Å². The van der Waals surface area contributed by atoms with E-state index < -0.39 is 0 Å². The largest absolute Gasteiger partial charge is 0.335 e. The van der Waals surface area contributed by atoms with Gasteiger partial charge in [0.15, 0.2) is 0 Å². The van der Waals surface area contributed by atoms with E-state index in [-0.39, 0.29) is 18.9 Å². The van der Waals surface area contributed by atoms with Gasteiger partial charge in [0, 0.05) is 29.1 Å². The lowest BCUT2D eigenvalue weighted by Gasteiger charge is -2.09. The zero-order valence-corrected chi connectivity index (χ0v) is 17.6. The normalized spacial score (nSPS) is 12.3. The molecule has 28 heavy (non-hydrogen) atoms. The molecule has 0 saturated carbocycles. The van der Waals surface area contributed by atoms with E-state index in [9.17, 15) is 4.39 Å². The summed E-state index contributed by atoms with van der Waals surface area (Å²) < 4.78 is 18.2. The molecule has 3 rings (SSSR count). The summed E-state index contributed by atoms with van der Waals surface area (Å²) in [6, 6.07) is 8.52. The summed E-state index contributed by atoms with van der Waals surface area (Å²) >= 11 is 1.69. The van der Waals surface area contributed by atoms with Crippen molar-refractivity contribution in [2.45, 2.75) is 31.7 Å². The van der Waals surface area contributed by atoms with E-state index in [1.807, 2.05) is 32.5 Å². The molecule has 148 valence electrons. The third-order valence-electron chi connectivity index (χ3n) is 4.55. The predicted molar refractivity (Wildman–Crippen MR) is 114 cm³/mol. The first kappa shape index (κ1) is 20.5. The Morgan fingerprint density at radius 2 is 1.96 bits per heavy atom. The highest BCUT2D eigenvalue weighted by molar-refractivity contribution is 7.97. The number of nitrogens with two attached hydrogens (primary N) is 1. The minimum Gasteiger partial charge on any atom is -0.335 e. The molecule has 0 amide bonds. The van der Waals surface area contributed by atoms with Gasteiger partial charge in [0.25, 0.3) is 0 Å². The number of nitrogens with zero attached hydrogens (tertiary/aromatic N) is 4. The van der Waals surface area contributed by atoms with Crippen LogP contribution in [-0.4, -0.2) is 39.5 Å². The van der Waals surface area contributed by atoms with Crippen molar-refractivity contribution >= 4 is 23.0 Å². The van der Waals surface area contributed by atoms with Gasteiger partial charge < -0.3 is 10.3 Å². The smallest absolute Gasteiger partial charge is 0.126 e. The molecular formula is C21H26FN5S. The van der Waals surface area contributed by atoms with Gasteiger partial charge in [0.05, 0.1) is 23.8 Å². The van der Waals surface area contributed by atoms with Crippen molar-refractivity contribution in [2.75, 3.05) is 20.6 Å². The van der Waals surface area contributed by atoms with Crippen molar-refractivity contribution in [3.8, 4) is 0 Å². The number of fused-ring (bicyclic) bond motifs is 1. The Labute approximate surface area is 169 Å². The number of halogens is 1. The lowest BCUT2D eigenvalue weighted by molar-refractivity contribution is 0.554. The fourth-order valence-electron chi connectivity index (χ4n) is 3.24. The summed E-state index contributed by atoms with van der Waals surface area (Å²) in [7, 11) is 4.05. The highest BCUT2D eigenvalue weighted by atomic mass is 32.2. The molecule has 0 unspecified atom stereocenters. The van der Waals surface area contributed by atoms with Crippen molar-refractivity contribution in [3.63, 3.8) is 0 Å². The van der Waals surface area contributed by atoms with Crippen LogP contribution < -0.4 is 5.73 Å². The number of hydrogen-bond donors (Lipinski definition) is 1. The van der Waals surface area contributed by atoms with Gasteiger partial charge in [-0.2, -0.15) is 0 Å². The molecule has 1 aromatic carbocycles. The maximum Gasteiger partial charge on any atom is 0.126 e. The molecule has 0 fully saturated rings. The fourth-order valence-corrected chi connectivity index (χ4v) is 3.92. The van der Waals surface area contributed by atoms with Gasteiger partial charge in [0.2, 0.25) is 0 Å². The molecule has 0 aliphatic heterocycles. The average Bonchev–Trinajstić information content (AvgIpc) is 2.88. The summed E-state index contributed by atoms with van der Waals surface area (Å²) in [5.41, 5.74) is 10.5. The molecule has 3 aromatic rings. The molecule has 5 nitrogen and oxygen atoms in total. The number of rotatable bonds is 7. The fraction of sp³-hybridized carbons (Fsp3) is 0.333. The minimum atomic E-state index is -0.250. The van der Waals surface area contributed by atoms with Crippen LogP contribution in [0.2, 0.25) is 0 Å². The molecule has 2 aromatic heterocycles. The molecule has 0 spiro atoms. The molecule has 0 saturated heterocycles. The van der Waals surface area contributed by atoms with Crippen LogP contribution in [0.25, 0.3) is 11.0 Å². The van der Waals surface area contributed by atoms with Gasteiger partial charge in [-0.3, -0.25) is 4.31 Å². The van der Waals surface area contributed by atoms with Crippen LogP contribution in [0, 0.1) is 13.8 Å². The number of allylic oxidation sites excluding steroid dienone is 1. The van der Waals surface area contributed by atoms with E-state index in [4.69, 9.17) is 5.73 Å². The Morgan fingerprint density at radius 3 is 2.61 bits per heavy atom. The van der Waals surface area contributed by atoms with Gasteiger partial charge in [-0.25, -0.2) is 14.4 Å². The number of benzene rings is 1. The molecule has 0 radical (unpaired) electrons. The molecular weight excluding hydrogens is 373 g/mol. The van der Waals surface area contributed by atoms with Crippen molar-refractivity contribution in [2.24, 2.45) is 5.73 Å². The summed E-state index contributed by atoms with van der Waals surface area (Å²) in [6.07, 6.45) is 3.92. The first-order valence-electron chi connectivity index (χ1n) is 9.19. The van der Waals surface area contributed by atoms with Gasteiger partial charge in [0.1, 0.15) is 11.7 Å². The van der Waals surface area contributed by atoms with Gasteiger partial charge in [-0.15, -0.1) is 0 Å². The summed E-state index contributed by atoms with van der Waals surface area (Å²) in [4.78, 5) is 10.2. The zero-order chi connectivity index (χ0) is 20.3. The third kappa shape index (κ3) is 4.60. The second-order valence-electron chi connectivity index (χ2n) is 6.91. The number of hydrogen-bond acceptors (Lipinski definition) is 5. The van der Waals surface area contributed by atoms with Crippen LogP contribution >= 0.6 is 11.9 Å². The molecule has 0 aliphatic carbocycles. The quantitative estimate of drug-likeness (QED) is 0.608. The Morgan fingerprint density at radius 1 is 1.25 bits per heavy atom. The molecule has 2 heterocycles. The van der Waals surface area contributed by atoms with E-state index in [1.54, 1.807) is 18.1 Å². The Hall–Kier alpha value is -2.22. The topological polar surface area (TPSA) is 60.0 Å². The highest BCUT2D eigenvalue weighted by Gasteiger charge is 2.17. The summed E-state index contributed by atoms with van der Waals surface area (Å²) in [5, 5.41) is 0. The second-order valence-corrected chi connectivity index (χ2v) is 8.30. The molecule has 0 atom stereocenters. The Balaban J connectivity index is 1.99. The lowest BCUT2D eigenvalue weighted by atomic mass is 10.0. The third-order valence-corrected chi connectivity index (χ3v) is 5.40. The van der Waals surface area contributed by atoms with Gasteiger partial charge >= 0.3 is 0 Å². The summed E-state index contributed by atoms with van der Waals surface area (Å²) in [6.45, 7) is 4.21. The van der Waals surface area contributed by atoms with E-state index >= 15 is 0 Å². The van der Waals surface area contributed by atoms with Crippen molar-refractivity contribution in [1.82, 2.24) is 18.8 Å². The molecule has 0 aliphatic rings.